The Kier molecular flexibility index (Phi) is 2.29. The number of hydrogen-bond acceptors (Lipinski definition) is 2. The van der Waals surface area contributed by atoms with Crippen LogP contribution in [0, 0.1) is 5.82 Å². The second kappa shape index (κ2) is 3.33. The molecular weight excluding hydrogens is 181 g/mol. The highest BCUT2D eigenvalue weighted by molar-refractivity contribution is 5.19. The van der Waals surface area contributed by atoms with E-state index in [1.54, 1.807) is 6.07 Å². The molecule has 1 saturated heterocycles. The van der Waals surface area contributed by atoms with Gasteiger partial charge in [0.15, 0.2) is 0 Å². The Morgan fingerprint density at radius 2 is 2.29 bits per heavy atom. The SMILES string of the molecule is CC1(C)COC(c2cccc(F)c2)N1. The number of nitrogens with one attached hydrogen (secondary N) is 1. The van der Waals surface area contributed by atoms with Gasteiger partial charge in [-0.25, -0.2) is 4.39 Å². The molecule has 0 aliphatic carbocycles. The summed E-state index contributed by atoms with van der Waals surface area (Å²) in [7, 11) is 0. The van der Waals surface area contributed by atoms with E-state index in [9.17, 15) is 4.39 Å². The van der Waals surface area contributed by atoms with Crippen molar-refractivity contribution in [3.05, 3.63) is 35.6 Å². The maximum absolute atomic E-state index is 12.9. The maximum Gasteiger partial charge on any atom is 0.134 e. The van der Waals surface area contributed by atoms with E-state index in [0.717, 1.165) is 5.56 Å². The van der Waals surface area contributed by atoms with Gasteiger partial charge in [0.2, 0.25) is 0 Å². The minimum absolute atomic E-state index is 0.0308. The van der Waals surface area contributed by atoms with Crippen LogP contribution in [0.4, 0.5) is 4.39 Å². The van der Waals surface area contributed by atoms with Crippen LogP contribution >= 0.6 is 0 Å². The Bertz CT molecular complexity index is 338. The summed E-state index contributed by atoms with van der Waals surface area (Å²) in [5, 5.41) is 3.28. The van der Waals surface area contributed by atoms with Crippen LogP contribution in [-0.4, -0.2) is 12.1 Å². The van der Waals surface area contributed by atoms with Crippen molar-refractivity contribution in [1.82, 2.24) is 5.32 Å². The average molecular weight is 195 g/mol. The molecule has 1 atom stereocenters. The third-order valence-electron chi connectivity index (χ3n) is 2.28. The van der Waals surface area contributed by atoms with E-state index >= 15 is 0 Å². The molecule has 1 aromatic carbocycles. The normalized spacial score (nSPS) is 25.2. The number of ether oxygens (including phenoxy) is 1. The molecule has 14 heavy (non-hydrogen) atoms. The zero-order chi connectivity index (χ0) is 10.2. The molecule has 0 amide bonds. The van der Waals surface area contributed by atoms with Crippen molar-refractivity contribution >= 4 is 0 Å². The molecule has 1 aromatic rings. The topological polar surface area (TPSA) is 21.3 Å². The predicted molar refractivity (Wildman–Crippen MR) is 52.3 cm³/mol. The van der Waals surface area contributed by atoms with Gasteiger partial charge in [0.25, 0.3) is 0 Å². The second-order valence-corrected chi connectivity index (χ2v) is 4.27. The summed E-state index contributed by atoms with van der Waals surface area (Å²) in [5.74, 6) is -0.224. The molecule has 0 saturated carbocycles. The summed E-state index contributed by atoms with van der Waals surface area (Å²) in [6.45, 7) is 4.77. The van der Waals surface area contributed by atoms with Crippen molar-refractivity contribution < 1.29 is 9.13 Å². The van der Waals surface area contributed by atoms with Crippen molar-refractivity contribution in [3.63, 3.8) is 0 Å². The maximum atomic E-state index is 12.9. The summed E-state index contributed by atoms with van der Waals surface area (Å²) >= 11 is 0. The summed E-state index contributed by atoms with van der Waals surface area (Å²) in [4.78, 5) is 0. The Hall–Kier alpha value is -0.930. The monoisotopic (exact) mass is 195 g/mol. The molecule has 76 valence electrons. The van der Waals surface area contributed by atoms with Crippen molar-refractivity contribution in [1.29, 1.82) is 0 Å². The van der Waals surface area contributed by atoms with E-state index in [0.29, 0.717) is 6.61 Å². The van der Waals surface area contributed by atoms with Gasteiger partial charge in [-0.1, -0.05) is 12.1 Å². The number of hydrogen-bond donors (Lipinski definition) is 1. The first-order valence-corrected chi connectivity index (χ1v) is 4.72. The zero-order valence-electron chi connectivity index (χ0n) is 8.38. The largest absolute Gasteiger partial charge is 0.357 e. The molecule has 1 fully saturated rings. The standard InChI is InChI=1S/C11H14FNO/c1-11(2)7-14-10(13-11)8-4-3-5-9(12)6-8/h3-6,10,13H,7H2,1-2H3. The highest BCUT2D eigenvalue weighted by Crippen LogP contribution is 2.25. The van der Waals surface area contributed by atoms with Gasteiger partial charge in [-0.3, -0.25) is 5.32 Å². The van der Waals surface area contributed by atoms with Gasteiger partial charge in [0, 0.05) is 5.54 Å². The fourth-order valence-electron chi connectivity index (χ4n) is 1.58. The van der Waals surface area contributed by atoms with Gasteiger partial charge in [0.1, 0.15) is 12.0 Å². The number of rotatable bonds is 1. The first-order chi connectivity index (χ1) is 6.57. The molecule has 0 radical (unpaired) electrons. The van der Waals surface area contributed by atoms with Crippen LogP contribution in [0.15, 0.2) is 24.3 Å². The summed E-state index contributed by atoms with van der Waals surface area (Å²) in [6.07, 6.45) is -0.180. The Labute approximate surface area is 83.1 Å². The van der Waals surface area contributed by atoms with Crippen LogP contribution in [0.3, 0.4) is 0 Å². The molecule has 1 aliphatic heterocycles. The molecule has 0 spiro atoms. The van der Waals surface area contributed by atoms with Crippen molar-refractivity contribution in [3.8, 4) is 0 Å². The van der Waals surface area contributed by atoms with E-state index < -0.39 is 0 Å². The molecule has 1 N–H and O–H groups in total. The Morgan fingerprint density at radius 3 is 2.86 bits per heavy atom. The lowest BCUT2D eigenvalue weighted by atomic mass is 10.1. The van der Waals surface area contributed by atoms with E-state index in [-0.39, 0.29) is 17.6 Å². The zero-order valence-corrected chi connectivity index (χ0v) is 8.38. The molecular formula is C11H14FNO. The molecule has 2 rings (SSSR count). The molecule has 2 nitrogen and oxygen atoms in total. The smallest absolute Gasteiger partial charge is 0.134 e. The van der Waals surface area contributed by atoms with Crippen LogP contribution in [-0.2, 0) is 4.74 Å². The van der Waals surface area contributed by atoms with E-state index in [2.05, 4.69) is 19.2 Å². The average Bonchev–Trinajstić information content (AvgIpc) is 2.46. The van der Waals surface area contributed by atoms with Gasteiger partial charge in [-0.2, -0.15) is 0 Å². The van der Waals surface area contributed by atoms with E-state index in [1.165, 1.54) is 12.1 Å². The van der Waals surface area contributed by atoms with Crippen LogP contribution in [0.1, 0.15) is 25.6 Å². The van der Waals surface area contributed by atoms with Crippen LogP contribution in [0.25, 0.3) is 0 Å². The number of benzene rings is 1. The van der Waals surface area contributed by atoms with Gasteiger partial charge in [-0.05, 0) is 31.5 Å². The molecule has 1 aliphatic rings. The summed E-state index contributed by atoms with van der Waals surface area (Å²) < 4.78 is 18.5. The lowest BCUT2D eigenvalue weighted by molar-refractivity contribution is 0.0987. The molecule has 1 unspecified atom stereocenters. The molecule has 0 aromatic heterocycles. The highest BCUT2D eigenvalue weighted by atomic mass is 19.1. The van der Waals surface area contributed by atoms with Gasteiger partial charge < -0.3 is 4.74 Å². The first-order valence-electron chi connectivity index (χ1n) is 4.72. The quantitative estimate of drug-likeness (QED) is 0.742. The van der Waals surface area contributed by atoms with E-state index in [4.69, 9.17) is 4.74 Å². The fraction of sp³-hybridized carbons (Fsp3) is 0.455. The molecule has 0 bridgehead atoms. The number of halogens is 1. The van der Waals surface area contributed by atoms with Crippen LogP contribution in [0.2, 0.25) is 0 Å². The fourth-order valence-corrected chi connectivity index (χ4v) is 1.58. The Balaban J connectivity index is 2.17. The first kappa shape index (κ1) is 9.62. The van der Waals surface area contributed by atoms with Crippen LogP contribution in [0.5, 0.6) is 0 Å². The van der Waals surface area contributed by atoms with Gasteiger partial charge in [-0.15, -0.1) is 0 Å². The minimum Gasteiger partial charge on any atom is -0.357 e. The molecule has 1 heterocycles. The lowest BCUT2D eigenvalue weighted by Crippen LogP contribution is -2.35. The third kappa shape index (κ3) is 1.94. The van der Waals surface area contributed by atoms with Crippen molar-refractivity contribution in [2.24, 2.45) is 0 Å². The third-order valence-corrected chi connectivity index (χ3v) is 2.28. The second-order valence-electron chi connectivity index (χ2n) is 4.27. The van der Waals surface area contributed by atoms with Crippen molar-refractivity contribution in [2.75, 3.05) is 6.61 Å². The lowest BCUT2D eigenvalue weighted by Gasteiger charge is -2.17. The predicted octanol–water partition coefficient (Wildman–Crippen LogP) is 2.22. The van der Waals surface area contributed by atoms with Gasteiger partial charge in [0.05, 0.1) is 6.61 Å². The summed E-state index contributed by atoms with van der Waals surface area (Å²) in [5.41, 5.74) is 0.812. The van der Waals surface area contributed by atoms with Crippen LogP contribution < -0.4 is 5.32 Å². The Morgan fingerprint density at radius 1 is 1.50 bits per heavy atom. The minimum atomic E-state index is -0.224. The van der Waals surface area contributed by atoms with E-state index in [1.807, 2.05) is 6.07 Å². The van der Waals surface area contributed by atoms with Gasteiger partial charge >= 0.3 is 0 Å². The summed E-state index contributed by atoms with van der Waals surface area (Å²) in [6, 6.07) is 6.49. The highest BCUT2D eigenvalue weighted by Gasteiger charge is 2.31. The van der Waals surface area contributed by atoms with Crippen molar-refractivity contribution in [2.45, 2.75) is 25.6 Å². The molecule has 3 heteroatoms.